The van der Waals surface area contributed by atoms with E-state index < -0.39 is 24.4 Å². The van der Waals surface area contributed by atoms with Gasteiger partial charge in [-0.1, -0.05) is 11.6 Å². The highest BCUT2D eigenvalue weighted by molar-refractivity contribution is 6.32. The first-order chi connectivity index (χ1) is 9.31. The number of esters is 1. The molecule has 20 heavy (non-hydrogen) atoms. The zero-order valence-electron chi connectivity index (χ0n) is 11.2. The van der Waals surface area contributed by atoms with Gasteiger partial charge in [-0.05, 0) is 25.5 Å². The number of carbonyl (C=O) groups is 3. The summed E-state index contributed by atoms with van der Waals surface area (Å²) >= 11 is 5.88. The summed E-state index contributed by atoms with van der Waals surface area (Å²) in [5.74, 6) is -1.85. The summed E-state index contributed by atoms with van der Waals surface area (Å²) in [7, 11) is 0. The number of nitrogens with one attached hydrogen (secondary N) is 2. The Balaban J connectivity index is 2.64. The van der Waals surface area contributed by atoms with Crippen molar-refractivity contribution in [3.63, 3.8) is 0 Å². The minimum absolute atomic E-state index is 0.0229. The Morgan fingerprint density at radius 2 is 1.95 bits per heavy atom. The van der Waals surface area contributed by atoms with Crippen LogP contribution in [0.4, 0.5) is 0 Å². The van der Waals surface area contributed by atoms with E-state index >= 15 is 0 Å². The maximum atomic E-state index is 11.8. The number of pyridine rings is 1. The van der Waals surface area contributed by atoms with Gasteiger partial charge in [0.25, 0.3) is 5.91 Å². The zero-order chi connectivity index (χ0) is 15.3. The van der Waals surface area contributed by atoms with E-state index in [-0.39, 0.29) is 10.7 Å². The summed E-state index contributed by atoms with van der Waals surface area (Å²) in [6.07, 6.45) is 0. The van der Waals surface area contributed by atoms with E-state index in [1.165, 1.54) is 6.92 Å². The van der Waals surface area contributed by atoms with Crippen LogP contribution in [0.2, 0.25) is 5.15 Å². The monoisotopic (exact) mass is 299 g/mol. The Bertz CT molecular complexity index is 537. The molecule has 0 fully saturated rings. The lowest BCUT2D eigenvalue weighted by Gasteiger charge is -2.09. The molecular formula is C12H14ClN3O4. The average molecular weight is 300 g/mol. The quantitative estimate of drug-likeness (QED) is 0.486. The summed E-state index contributed by atoms with van der Waals surface area (Å²) in [5, 5.41) is 0.0229. The summed E-state index contributed by atoms with van der Waals surface area (Å²) in [5.41, 5.74) is 5.53. The van der Waals surface area contributed by atoms with Crippen molar-refractivity contribution in [2.45, 2.75) is 20.8 Å². The second-order valence-corrected chi connectivity index (χ2v) is 4.41. The van der Waals surface area contributed by atoms with Crippen LogP contribution in [0.3, 0.4) is 0 Å². The molecular weight excluding hydrogens is 286 g/mol. The molecule has 2 amide bonds. The molecule has 2 N–H and O–H groups in total. The van der Waals surface area contributed by atoms with Gasteiger partial charge in [0.15, 0.2) is 6.61 Å². The van der Waals surface area contributed by atoms with Crippen molar-refractivity contribution in [1.29, 1.82) is 0 Å². The fraction of sp³-hybridized carbons (Fsp3) is 0.333. The summed E-state index contributed by atoms with van der Waals surface area (Å²) in [4.78, 5) is 37.6. The Labute approximate surface area is 120 Å². The molecule has 0 saturated heterocycles. The molecule has 0 atom stereocenters. The van der Waals surface area contributed by atoms with Gasteiger partial charge >= 0.3 is 5.97 Å². The van der Waals surface area contributed by atoms with E-state index in [1.807, 2.05) is 0 Å². The molecule has 8 heteroatoms. The number of rotatable bonds is 3. The third kappa shape index (κ3) is 4.51. The number of ether oxygens (including phenoxy) is 1. The van der Waals surface area contributed by atoms with Crippen LogP contribution in [0, 0.1) is 13.8 Å². The number of hydrogen-bond acceptors (Lipinski definition) is 5. The van der Waals surface area contributed by atoms with Crippen molar-refractivity contribution < 1.29 is 19.1 Å². The number of nitrogens with zero attached hydrogens (tertiary/aromatic N) is 1. The first-order valence-electron chi connectivity index (χ1n) is 5.67. The predicted octanol–water partition coefficient (Wildman–Crippen LogP) is 0.676. The lowest BCUT2D eigenvalue weighted by atomic mass is 10.1. The van der Waals surface area contributed by atoms with Crippen LogP contribution in [0.25, 0.3) is 0 Å². The van der Waals surface area contributed by atoms with E-state index in [2.05, 4.69) is 15.8 Å². The number of carbonyl (C=O) groups excluding carboxylic acids is 3. The van der Waals surface area contributed by atoms with Crippen molar-refractivity contribution in [3.8, 4) is 0 Å². The highest BCUT2D eigenvalue weighted by atomic mass is 35.5. The Morgan fingerprint density at radius 1 is 1.30 bits per heavy atom. The molecule has 0 bridgehead atoms. The summed E-state index contributed by atoms with van der Waals surface area (Å²) in [6, 6.07) is 1.68. The largest absolute Gasteiger partial charge is 0.452 e. The second-order valence-electron chi connectivity index (χ2n) is 4.05. The van der Waals surface area contributed by atoms with E-state index in [4.69, 9.17) is 16.3 Å². The Kier molecular flexibility index (Phi) is 5.45. The molecule has 0 spiro atoms. The first kappa shape index (κ1) is 15.9. The Morgan fingerprint density at radius 3 is 2.50 bits per heavy atom. The molecule has 0 saturated carbocycles. The predicted molar refractivity (Wildman–Crippen MR) is 71.0 cm³/mol. The van der Waals surface area contributed by atoms with Gasteiger partial charge in [0.1, 0.15) is 5.15 Å². The summed E-state index contributed by atoms with van der Waals surface area (Å²) < 4.78 is 4.80. The minimum atomic E-state index is -0.752. The summed E-state index contributed by atoms with van der Waals surface area (Å²) in [6.45, 7) is 4.12. The van der Waals surface area contributed by atoms with Gasteiger partial charge in [-0.2, -0.15) is 0 Å². The molecule has 0 radical (unpaired) electrons. The fourth-order valence-electron chi connectivity index (χ4n) is 1.43. The van der Waals surface area contributed by atoms with E-state index in [0.717, 1.165) is 0 Å². The number of hydrogen-bond donors (Lipinski definition) is 2. The number of hydrazine groups is 1. The van der Waals surface area contributed by atoms with Crippen LogP contribution in [0.1, 0.15) is 28.5 Å². The van der Waals surface area contributed by atoms with Crippen LogP contribution >= 0.6 is 11.6 Å². The van der Waals surface area contributed by atoms with Gasteiger partial charge in [0, 0.05) is 12.6 Å². The Hall–Kier alpha value is -2.15. The molecule has 7 nitrogen and oxygen atoms in total. The third-order valence-corrected chi connectivity index (χ3v) is 2.49. The molecule has 0 aliphatic rings. The maximum Gasteiger partial charge on any atom is 0.342 e. The lowest BCUT2D eigenvalue weighted by molar-refractivity contribution is -0.129. The highest BCUT2D eigenvalue weighted by Crippen LogP contribution is 2.19. The molecule has 1 aromatic rings. The van der Waals surface area contributed by atoms with Crippen LogP contribution in [-0.2, 0) is 14.3 Å². The van der Waals surface area contributed by atoms with Gasteiger partial charge in [-0.3, -0.25) is 20.4 Å². The number of aromatic nitrogens is 1. The topological polar surface area (TPSA) is 97.4 Å². The average Bonchev–Trinajstić information content (AvgIpc) is 2.32. The molecule has 108 valence electrons. The first-order valence-corrected chi connectivity index (χ1v) is 6.05. The van der Waals surface area contributed by atoms with Crippen molar-refractivity contribution >= 4 is 29.4 Å². The third-order valence-electron chi connectivity index (χ3n) is 2.22. The molecule has 1 heterocycles. The number of halogens is 1. The number of aryl methyl sites for hydroxylation is 2. The smallest absolute Gasteiger partial charge is 0.342 e. The molecule has 1 rings (SSSR count). The van der Waals surface area contributed by atoms with Crippen LogP contribution in [0.15, 0.2) is 6.07 Å². The normalized spacial score (nSPS) is 9.80. The molecule has 0 aromatic carbocycles. The highest BCUT2D eigenvalue weighted by Gasteiger charge is 2.18. The van der Waals surface area contributed by atoms with E-state index in [9.17, 15) is 14.4 Å². The second kappa shape index (κ2) is 6.85. The van der Waals surface area contributed by atoms with Crippen molar-refractivity contribution in [2.24, 2.45) is 0 Å². The number of amides is 2. The molecule has 1 aromatic heterocycles. The maximum absolute atomic E-state index is 11.8. The zero-order valence-corrected chi connectivity index (χ0v) is 12.0. The van der Waals surface area contributed by atoms with Gasteiger partial charge < -0.3 is 4.74 Å². The van der Waals surface area contributed by atoms with E-state index in [0.29, 0.717) is 11.3 Å². The molecule has 0 aliphatic heterocycles. The lowest BCUT2D eigenvalue weighted by Crippen LogP contribution is -2.42. The SMILES string of the molecule is CC(=O)NNC(=O)COC(=O)c1c(C)cc(C)nc1Cl. The van der Waals surface area contributed by atoms with Gasteiger partial charge in [-0.25, -0.2) is 9.78 Å². The molecule has 0 unspecified atom stereocenters. The fourth-order valence-corrected chi connectivity index (χ4v) is 1.79. The van der Waals surface area contributed by atoms with Crippen LogP contribution < -0.4 is 10.9 Å². The van der Waals surface area contributed by atoms with Crippen molar-refractivity contribution in [2.75, 3.05) is 6.61 Å². The van der Waals surface area contributed by atoms with Crippen molar-refractivity contribution in [1.82, 2.24) is 15.8 Å². The van der Waals surface area contributed by atoms with Gasteiger partial charge in [-0.15, -0.1) is 0 Å². The van der Waals surface area contributed by atoms with Crippen molar-refractivity contribution in [3.05, 3.63) is 28.0 Å². The van der Waals surface area contributed by atoms with Crippen LogP contribution in [0.5, 0.6) is 0 Å². The van der Waals surface area contributed by atoms with E-state index in [1.54, 1.807) is 19.9 Å². The van der Waals surface area contributed by atoms with Gasteiger partial charge in [0.05, 0.1) is 5.56 Å². The molecule has 0 aliphatic carbocycles. The standard InChI is InChI=1S/C12H14ClN3O4/c1-6-4-7(2)14-11(13)10(6)12(19)20-5-9(18)16-15-8(3)17/h4H,5H2,1-3H3,(H,15,17)(H,16,18). The van der Waals surface area contributed by atoms with Gasteiger partial charge in [0.2, 0.25) is 5.91 Å². The van der Waals surface area contributed by atoms with Crippen LogP contribution in [-0.4, -0.2) is 29.4 Å². The minimum Gasteiger partial charge on any atom is -0.452 e.